The summed E-state index contributed by atoms with van der Waals surface area (Å²) in [5.74, 6) is 0. The number of halogens is 2. The Morgan fingerprint density at radius 3 is 1.46 bits per heavy atom. The monoisotopic (exact) mass is 572 g/mol. The summed E-state index contributed by atoms with van der Waals surface area (Å²) in [6, 6.07) is 9.13. The molecule has 1 aliphatic carbocycles. The first-order valence-corrected chi connectivity index (χ1v) is 13.2. The van der Waals surface area contributed by atoms with Crippen LogP contribution in [0.1, 0.15) is 84.0 Å². The van der Waals surface area contributed by atoms with Gasteiger partial charge in [-0.15, -0.1) is 0 Å². The van der Waals surface area contributed by atoms with Crippen LogP contribution < -0.4 is 0 Å². The first-order chi connectivity index (χ1) is 12.7. The third kappa shape index (κ3) is 4.16. The molecule has 0 aromatic heterocycles. The summed E-state index contributed by atoms with van der Waals surface area (Å²) in [6.45, 7) is 4.64. The van der Waals surface area contributed by atoms with Gasteiger partial charge in [-0.05, 0) is 83.0 Å². The third-order valence-corrected chi connectivity index (χ3v) is 7.39. The van der Waals surface area contributed by atoms with Gasteiger partial charge in [0.15, 0.2) is 0 Å². The molecule has 0 saturated heterocycles. The van der Waals surface area contributed by atoms with Gasteiger partial charge in [0.05, 0.1) is 0 Å². The van der Waals surface area contributed by atoms with Crippen LogP contribution in [0.2, 0.25) is 0 Å². The standard InChI is InChI=1S/C24H30I2/c1-3-5-11-19-21-13-17-9-7-8-10-18(17)14-22(21)20(12-6-4-2)24(16-26)23(19)15-25/h7-10H,3-6,11-16H2,1-2H3. The molecule has 0 bridgehead atoms. The van der Waals surface area contributed by atoms with Crippen LogP contribution in [0.3, 0.4) is 0 Å². The largest absolute Gasteiger partial charge is 0.0812 e. The molecule has 0 aliphatic heterocycles. The van der Waals surface area contributed by atoms with Crippen molar-refractivity contribution in [2.45, 2.75) is 74.1 Å². The zero-order valence-electron chi connectivity index (χ0n) is 16.1. The molecule has 0 atom stereocenters. The fourth-order valence-electron chi connectivity index (χ4n) is 4.44. The Kier molecular flexibility index (Phi) is 7.86. The summed E-state index contributed by atoms with van der Waals surface area (Å²) in [6.07, 6.45) is 10.0. The molecular formula is C24H30I2. The first-order valence-electron chi connectivity index (χ1n) is 10.1. The van der Waals surface area contributed by atoms with Crippen LogP contribution in [0.25, 0.3) is 0 Å². The molecule has 0 nitrogen and oxygen atoms in total. The molecule has 0 radical (unpaired) electrons. The smallest absolute Gasteiger partial charge is 0.0253 e. The van der Waals surface area contributed by atoms with Crippen LogP contribution in [0, 0.1) is 0 Å². The Bertz CT molecular complexity index is 697. The molecule has 2 aromatic rings. The van der Waals surface area contributed by atoms with E-state index in [1.807, 2.05) is 0 Å². The second-order valence-corrected chi connectivity index (χ2v) is 8.99. The molecular weight excluding hydrogens is 542 g/mol. The SMILES string of the molecule is CCCCc1c(CI)c(CI)c(CCCC)c2c1Cc1ccccc1C2. The number of alkyl halides is 2. The fraction of sp³-hybridized carbons (Fsp3) is 0.500. The second kappa shape index (κ2) is 9.90. The average molecular weight is 572 g/mol. The number of benzene rings is 2. The topological polar surface area (TPSA) is 0 Å². The van der Waals surface area contributed by atoms with Crippen molar-refractivity contribution < 1.29 is 0 Å². The van der Waals surface area contributed by atoms with Crippen LogP contribution in [-0.2, 0) is 34.5 Å². The molecule has 0 heterocycles. The molecule has 0 fully saturated rings. The van der Waals surface area contributed by atoms with E-state index < -0.39 is 0 Å². The number of unbranched alkanes of at least 4 members (excludes halogenated alkanes) is 2. The lowest BCUT2D eigenvalue weighted by molar-refractivity contribution is 0.756. The van der Waals surface area contributed by atoms with Gasteiger partial charge in [0.1, 0.15) is 0 Å². The molecule has 0 amide bonds. The highest BCUT2D eigenvalue weighted by Gasteiger charge is 2.25. The number of hydrogen-bond donors (Lipinski definition) is 0. The highest BCUT2D eigenvalue weighted by atomic mass is 127. The number of hydrogen-bond acceptors (Lipinski definition) is 0. The van der Waals surface area contributed by atoms with Crippen LogP contribution in [-0.4, -0.2) is 0 Å². The van der Waals surface area contributed by atoms with Gasteiger partial charge in [0.25, 0.3) is 0 Å². The van der Waals surface area contributed by atoms with E-state index >= 15 is 0 Å². The average Bonchev–Trinajstić information content (AvgIpc) is 2.68. The summed E-state index contributed by atoms with van der Waals surface area (Å²) in [4.78, 5) is 0. The van der Waals surface area contributed by atoms with E-state index in [-0.39, 0.29) is 0 Å². The van der Waals surface area contributed by atoms with Gasteiger partial charge in [-0.1, -0.05) is 96.1 Å². The van der Waals surface area contributed by atoms with E-state index in [9.17, 15) is 0 Å². The summed E-state index contributed by atoms with van der Waals surface area (Å²) in [7, 11) is 0. The maximum atomic E-state index is 2.61. The molecule has 2 aromatic carbocycles. The normalized spacial score (nSPS) is 12.8. The Morgan fingerprint density at radius 2 is 1.12 bits per heavy atom. The lowest BCUT2D eigenvalue weighted by atomic mass is 9.76. The van der Waals surface area contributed by atoms with E-state index in [1.165, 1.54) is 38.5 Å². The van der Waals surface area contributed by atoms with Crippen molar-refractivity contribution in [2.75, 3.05) is 0 Å². The minimum absolute atomic E-state index is 1.15. The number of rotatable bonds is 8. The van der Waals surface area contributed by atoms with Crippen molar-refractivity contribution >= 4 is 45.2 Å². The Hall–Kier alpha value is -0.100. The summed E-state index contributed by atoms with van der Waals surface area (Å²) in [5, 5.41) is 0. The van der Waals surface area contributed by atoms with Gasteiger partial charge in [0.2, 0.25) is 0 Å². The van der Waals surface area contributed by atoms with Crippen molar-refractivity contribution in [1.29, 1.82) is 0 Å². The maximum Gasteiger partial charge on any atom is 0.0253 e. The molecule has 0 spiro atoms. The van der Waals surface area contributed by atoms with Crippen molar-refractivity contribution in [3.8, 4) is 0 Å². The van der Waals surface area contributed by atoms with Crippen LogP contribution >= 0.6 is 45.2 Å². The van der Waals surface area contributed by atoms with Gasteiger partial charge in [-0.3, -0.25) is 0 Å². The predicted octanol–water partition coefficient (Wildman–Crippen LogP) is 7.74. The summed E-state index contributed by atoms with van der Waals surface area (Å²) >= 11 is 5.21. The van der Waals surface area contributed by atoms with Crippen LogP contribution in [0.4, 0.5) is 0 Å². The molecule has 0 N–H and O–H groups in total. The van der Waals surface area contributed by atoms with Crippen molar-refractivity contribution in [2.24, 2.45) is 0 Å². The van der Waals surface area contributed by atoms with Gasteiger partial charge in [-0.25, -0.2) is 0 Å². The van der Waals surface area contributed by atoms with Crippen molar-refractivity contribution in [3.63, 3.8) is 0 Å². The van der Waals surface area contributed by atoms with E-state index in [0.29, 0.717) is 0 Å². The van der Waals surface area contributed by atoms with Gasteiger partial charge < -0.3 is 0 Å². The minimum Gasteiger partial charge on any atom is -0.0812 e. The molecule has 26 heavy (non-hydrogen) atoms. The van der Waals surface area contributed by atoms with E-state index in [0.717, 1.165) is 21.7 Å². The van der Waals surface area contributed by atoms with Gasteiger partial charge in [-0.2, -0.15) is 0 Å². The van der Waals surface area contributed by atoms with Gasteiger partial charge in [0, 0.05) is 8.86 Å². The van der Waals surface area contributed by atoms with E-state index in [2.05, 4.69) is 83.3 Å². The molecule has 1 aliphatic rings. The van der Waals surface area contributed by atoms with Crippen molar-refractivity contribution in [3.05, 3.63) is 68.8 Å². The molecule has 0 saturated carbocycles. The third-order valence-electron chi connectivity index (χ3n) is 5.87. The molecule has 3 rings (SSSR count). The van der Waals surface area contributed by atoms with Crippen molar-refractivity contribution in [1.82, 2.24) is 0 Å². The predicted molar refractivity (Wildman–Crippen MR) is 131 cm³/mol. The second-order valence-electron chi connectivity index (χ2n) is 7.47. The molecule has 140 valence electrons. The minimum atomic E-state index is 1.15. The first kappa shape index (κ1) is 20.6. The Balaban J connectivity index is 2.20. The molecule has 0 unspecified atom stereocenters. The van der Waals surface area contributed by atoms with Crippen LogP contribution in [0.5, 0.6) is 0 Å². The maximum absolute atomic E-state index is 2.61. The summed E-state index contributed by atoms with van der Waals surface area (Å²) < 4.78 is 2.31. The lowest BCUT2D eigenvalue weighted by Crippen LogP contribution is -2.17. The van der Waals surface area contributed by atoms with Gasteiger partial charge >= 0.3 is 0 Å². The summed E-state index contributed by atoms with van der Waals surface area (Å²) in [5.41, 5.74) is 13.3. The Morgan fingerprint density at radius 1 is 0.692 bits per heavy atom. The highest BCUT2D eigenvalue weighted by molar-refractivity contribution is 14.1. The highest BCUT2D eigenvalue weighted by Crippen LogP contribution is 2.39. The van der Waals surface area contributed by atoms with Crippen LogP contribution in [0.15, 0.2) is 24.3 Å². The Labute approximate surface area is 186 Å². The number of fused-ring (bicyclic) bond motifs is 2. The molecule has 2 heteroatoms. The van der Waals surface area contributed by atoms with E-state index in [4.69, 9.17) is 0 Å². The zero-order valence-corrected chi connectivity index (χ0v) is 20.5. The fourth-order valence-corrected chi connectivity index (χ4v) is 6.28. The van der Waals surface area contributed by atoms with E-state index in [1.54, 1.807) is 44.5 Å². The zero-order chi connectivity index (χ0) is 18.5. The lowest BCUT2D eigenvalue weighted by Gasteiger charge is -2.30. The quantitative estimate of drug-likeness (QED) is 0.192.